The van der Waals surface area contributed by atoms with Gasteiger partial charge in [0.2, 0.25) is 0 Å². The van der Waals surface area contributed by atoms with Crippen LogP contribution in [0.2, 0.25) is 0 Å². The van der Waals surface area contributed by atoms with Crippen LogP contribution in [-0.2, 0) is 11.3 Å². The molecule has 138 valence electrons. The van der Waals surface area contributed by atoms with Crippen LogP contribution in [-0.4, -0.2) is 55.1 Å². The van der Waals surface area contributed by atoms with Gasteiger partial charge in [0.25, 0.3) is 5.91 Å². The van der Waals surface area contributed by atoms with E-state index in [1.807, 2.05) is 42.2 Å². The smallest absolute Gasteiger partial charge is 0.263 e. The molecule has 0 saturated carbocycles. The molecule has 1 atom stereocenters. The summed E-state index contributed by atoms with van der Waals surface area (Å²) in [7, 11) is 1.62. The van der Waals surface area contributed by atoms with Crippen LogP contribution in [0.3, 0.4) is 0 Å². The summed E-state index contributed by atoms with van der Waals surface area (Å²) < 4.78 is 10.9. The number of rotatable bonds is 6. The lowest BCUT2D eigenvalue weighted by Crippen LogP contribution is -2.51. The summed E-state index contributed by atoms with van der Waals surface area (Å²) in [6, 6.07) is 17.7. The van der Waals surface area contributed by atoms with Gasteiger partial charge >= 0.3 is 0 Å². The van der Waals surface area contributed by atoms with Crippen molar-refractivity contribution >= 4 is 5.91 Å². The average Bonchev–Trinajstić information content (AvgIpc) is 2.69. The van der Waals surface area contributed by atoms with Crippen LogP contribution < -0.4 is 9.47 Å². The Balaban J connectivity index is 1.47. The molecule has 1 amide bonds. The van der Waals surface area contributed by atoms with E-state index in [9.17, 15) is 4.79 Å². The molecule has 1 saturated heterocycles. The number of piperazine rings is 1. The van der Waals surface area contributed by atoms with Gasteiger partial charge in [0, 0.05) is 32.7 Å². The summed E-state index contributed by atoms with van der Waals surface area (Å²) in [4.78, 5) is 16.9. The monoisotopic (exact) mass is 354 g/mol. The van der Waals surface area contributed by atoms with E-state index >= 15 is 0 Å². The first kappa shape index (κ1) is 18.3. The van der Waals surface area contributed by atoms with Crippen LogP contribution in [0.4, 0.5) is 0 Å². The van der Waals surface area contributed by atoms with Crippen LogP contribution in [0.5, 0.6) is 11.5 Å². The third kappa shape index (κ3) is 4.76. The minimum atomic E-state index is -0.496. The third-order valence-electron chi connectivity index (χ3n) is 4.65. The maximum Gasteiger partial charge on any atom is 0.263 e. The molecule has 1 heterocycles. The lowest BCUT2D eigenvalue weighted by atomic mass is 10.2. The molecular weight excluding hydrogens is 328 g/mol. The Morgan fingerprint density at radius 2 is 1.58 bits per heavy atom. The molecule has 0 spiro atoms. The van der Waals surface area contributed by atoms with Gasteiger partial charge in [-0.3, -0.25) is 9.69 Å². The Kier molecular flexibility index (Phi) is 6.12. The first-order chi connectivity index (χ1) is 12.7. The lowest BCUT2D eigenvalue weighted by molar-refractivity contribution is -0.139. The van der Waals surface area contributed by atoms with Crippen molar-refractivity contribution in [3.63, 3.8) is 0 Å². The zero-order valence-corrected chi connectivity index (χ0v) is 15.4. The average molecular weight is 354 g/mol. The number of carbonyl (C=O) groups excluding carboxylic acids is 1. The van der Waals surface area contributed by atoms with Crippen LogP contribution in [0, 0.1) is 0 Å². The zero-order chi connectivity index (χ0) is 18.4. The fourth-order valence-corrected chi connectivity index (χ4v) is 3.13. The first-order valence-corrected chi connectivity index (χ1v) is 9.01. The summed E-state index contributed by atoms with van der Waals surface area (Å²) in [6.07, 6.45) is -0.496. The Morgan fingerprint density at radius 3 is 2.19 bits per heavy atom. The SMILES string of the molecule is COc1ccc(O[C@@H](C)C(=O)N2CCN(Cc3ccccc3)CC2)cc1. The number of benzene rings is 2. The molecule has 2 aromatic rings. The van der Waals surface area contributed by atoms with Crippen molar-refractivity contribution in [1.82, 2.24) is 9.80 Å². The molecule has 5 heteroatoms. The standard InChI is InChI=1S/C21H26N2O3/c1-17(26-20-10-8-19(25-2)9-11-20)21(24)23-14-12-22(13-15-23)16-18-6-4-3-5-7-18/h3-11,17H,12-16H2,1-2H3/t17-/m0/s1. The van der Waals surface area contributed by atoms with Crippen LogP contribution >= 0.6 is 0 Å². The van der Waals surface area contributed by atoms with Gasteiger partial charge in [0.15, 0.2) is 6.10 Å². The normalized spacial score (nSPS) is 16.2. The number of carbonyl (C=O) groups is 1. The van der Waals surface area contributed by atoms with Crippen molar-refractivity contribution in [2.24, 2.45) is 0 Å². The van der Waals surface area contributed by atoms with Crippen LogP contribution in [0.1, 0.15) is 12.5 Å². The number of amides is 1. The topological polar surface area (TPSA) is 42.0 Å². The second-order valence-corrected chi connectivity index (χ2v) is 6.52. The first-order valence-electron chi connectivity index (χ1n) is 9.01. The number of hydrogen-bond donors (Lipinski definition) is 0. The quantitative estimate of drug-likeness (QED) is 0.800. The summed E-state index contributed by atoms with van der Waals surface area (Å²) in [5.74, 6) is 1.49. The highest BCUT2D eigenvalue weighted by atomic mass is 16.5. The summed E-state index contributed by atoms with van der Waals surface area (Å²) in [6.45, 7) is 5.99. The van der Waals surface area contributed by atoms with Gasteiger partial charge in [0.05, 0.1) is 7.11 Å². The molecule has 0 radical (unpaired) electrons. The van der Waals surface area contributed by atoms with Gasteiger partial charge in [0.1, 0.15) is 11.5 Å². The van der Waals surface area contributed by atoms with Gasteiger partial charge in [-0.2, -0.15) is 0 Å². The molecule has 1 aliphatic heterocycles. The van der Waals surface area contributed by atoms with E-state index in [1.165, 1.54) is 5.56 Å². The predicted molar refractivity (Wildman–Crippen MR) is 101 cm³/mol. The number of nitrogens with zero attached hydrogens (tertiary/aromatic N) is 2. The van der Waals surface area contributed by atoms with Crippen molar-refractivity contribution < 1.29 is 14.3 Å². The maximum atomic E-state index is 12.6. The van der Waals surface area contributed by atoms with Crippen molar-refractivity contribution in [1.29, 1.82) is 0 Å². The maximum absolute atomic E-state index is 12.6. The second-order valence-electron chi connectivity index (χ2n) is 6.52. The third-order valence-corrected chi connectivity index (χ3v) is 4.65. The molecule has 0 aromatic heterocycles. The zero-order valence-electron chi connectivity index (χ0n) is 15.4. The summed E-state index contributed by atoms with van der Waals surface area (Å²) in [5.41, 5.74) is 1.31. The second kappa shape index (κ2) is 8.72. The molecule has 0 N–H and O–H groups in total. The fourth-order valence-electron chi connectivity index (χ4n) is 3.13. The Morgan fingerprint density at radius 1 is 0.962 bits per heavy atom. The van der Waals surface area contributed by atoms with Crippen molar-refractivity contribution in [2.45, 2.75) is 19.6 Å². The molecule has 3 rings (SSSR count). The molecule has 5 nitrogen and oxygen atoms in total. The van der Waals surface area contributed by atoms with Crippen LogP contribution in [0.25, 0.3) is 0 Å². The van der Waals surface area contributed by atoms with E-state index in [0.29, 0.717) is 5.75 Å². The van der Waals surface area contributed by atoms with Gasteiger partial charge < -0.3 is 14.4 Å². The highest BCUT2D eigenvalue weighted by Gasteiger charge is 2.26. The lowest BCUT2D eigenvalue weighted by Gasteiger charge is -2.35. The van der Waals surface area contributed by atoms with Crippen molar-refractivity contribution in [3.05, 3.63) is 60.2 Å². The van der Waals surface area contributed by atoms with Crippen LogP contribution in [0.15, 0.2) is 54.6 Å². The van der Waals surface area contributed by atoms with Gasteiger partial charge in [-0.1, -0.05) is 30.3 Å². The molecule has 1 aliphatic rings. The Hall–Kier alpha value is -2.53. The Bertz CT molecular complexity index is 695. The van der Waals surface area contributed by atoms with E-state index in [0.717, 1.165) is 38.5 Å². The highest BCUT2D eigenvalue weighted by molar-refractivity contribution is 5.81. The molecule has 2 aromatic carbocycles. The van der Waals surface area contributed by atoms with Gasteiger partial charge in [-0.05, 0) is 36.8 Å². The fraction of sp³-hybridized carbons (Fsp3) is 0.381. The summed E-state index contributed by atoms with van der Waals surface area (Å²) in [5, 5.41) is 0. The van der Waals surface area contributed by atoms with Gasteiger partial charge in [-0.25, -0.2) is 0 Å². The molecule has 0 unspecified atom stereocenters. The molecular formula is C21H26N2O3. The number of methoxy groups -OCH3 is 1. The van der Waals surface area contributed by atoms with E-state index in [2.05, 4.69) is 29.2 Å². The number of ether oxygens (including phenoxy) is 2. The van der Waals surface area contributed by atoms with Gasteiger partial charge in [-0.15, -0.1) is 0 Å². The minimum Gasteiger partial charge on any atom is -0.497 e. The largest absolute Gasteiger partial charge is 0.497 e. The van der Waals surface area contributed by atoms with E-state index in [4.69, 9.17) is 9.47 Å². The van der Waals surface area contributed by atoms with E-state index in [-0.39, 0.29) is 5.91 Å². The molecule has 0 bridgehead atoms. The minimum absolute atomic E-state index is 0.0418. The highest BCUT2D eigenvalue weighted by Crippen LogP contribution is 2.19. The predicted octanol–water partition coefficient (Wildman–Crippen LogP) is 2.81. The summed E-state index contributed by atoms with van der Waals surface area (Å²) >= 11 is 0. The van der Waals surface area contributed by atoms with Crippen molar-refractivity contribution in [3.8, 4) is 11.5 Å². The molecule has 26 heavy (non-hydrogen) atoms. The van der Waals surface area contributed by atoms with E-state index in [1.54, 1.807) is 7.11 Å². The number of hydrogen-bond acceptors (Lipinski definition) is 4. The molecule has 0 aliphatic carbocycles. The Labute approximate surface area is 155 Å². The van der Waals surface area contributed by atoms with Crippen molar-refractivity contribution in [2.75, 3.05) is 33.3 Å². The van der Waals surface area contributed by atoms with E-state index < -0.39 is 6.10 Å². The molecule has 1 fully saturated rings.